The SMILES string of the molecule is CC1CC(N)CC(c2ccncc2NC(=O)c2nc(-c3c(F)cc(OC4CCOCC4)cc3F)sc2N)C1. The summed E-state index contributed by atoms with van der Waals surface area (Å²) in [6.07, 6.45) is 7.14. The molecule has 1 saturated heterocycles. The monoisotopic (exact) mass is 543 g/mol. The van der Waals surface area contributed by atoms with Crippen LogP contribution in [0.2, 0.25) is 0 Å². The lowest BCUT2D eigenvalue weighted by atomic mass is 9.76. The number of anilines is 2. The van der Waals surface area contributed by atoms with Gasteiger partial charge in [0, 0.05) is 37.2 Å². The number of amides is 1. The number of hydrogen-bond acceptors (Lipinski definition) is 8. The van der Waals surface area contributed by atoms with Gasteiger partial charge in [0.05, 0.1) is 30.7 Å². The second-order valence-electron chi connectivity index (χ2n) is 10.1. The number of benzene rings is 1. The molecular formula is C27H31F2N5O3S. The number of aromatic nitrogens is 2. The molecule has 1 aliphatic carbocycles. The van der Waals surface area contributed by atoms with Crippen molar-refractivity contribution in [1.82, 2.24) is 9.97 Å². The molecular weight excluding hydrogens is 512 g/mol. The molecule has 2 fully saturated rings. The summed E-state index contributed by atoms with van der Waals surface area (Å²) in [6.45, 7) is 3.26. The Morgan fingerprint density at radius 2 is 1.92 bits per heavy atom. The summed E-state index contributed by atoms with van der Waals surface area (Å²) in [7, 11) is 0. The van der Waals surface area contributed by atoms with E-state index in [1.165, 1.54) is 0 Å². The predicted molar refractivity (Wildman–Crippen MR) is 142 cm³/mol. The number of nitrogens with one attached hydrogen (secondary N) is 1. The van der Waals surface area contributed by atoms with E-state index in [0.29, 0.717) is 37.7 Å². The third-order valence-electron chi connectivity index (χ3n) is 7.09. The van der Waals surface area contributed by atoms with Crippen molar-refractivity contribution in [3.8, 4) is 16.3 Å². The maximum atomic E-state index is 15.0. The predicted octanol–water partition coefficient (Wildman–Crippen LogP) is 5.11. The molecule has 3 heterocycles. The molecule has 0 bridgehead atoms. The van der Waals surface area contributed by atoms with Gasteiger partial charge in [0.2, 0.25) is 0 Å². The number of hydrogen-bond donors (Lipinski definition) is 3. The molecule has 11 heteroatoms. The Kier molecular flexibility index (Phi) is 7.87. The second kappa shape index (κ2) is 11.3. The Labute approximate surface area is 223 Å². The van der Waals surface area contributed by atoms with Gasteiger partial charge in [0.15, 0.2) is 5.69 Å². The fourth-order valence-electron chi connectivity index (χ4n) is 5.37. The van der Waals surface area contributed by atoms with Crippen molar-refractivity contribution >= 4 is 27.9 Å². The lowest BCUT2D eigenvalue weighted by Crippen LogP contribution is -2.31. The summed E-state index contributed by atoms with van der Waals surface area (Å²) in [6, 6.07) is 4.23. The molecule has 2 aliphatic rings. The average molecular weight is 544 g/mol. The number of carbonyl (C=O) groups excluding carboxylic acids is 1. The maximum absolute atomic E-state index is 15.0. The molecule has 3 aromatic rings. The highest BCUT2D eigenvalue weighted by Gasteiger charge is 2.29. The third-order valence-corrected chi connectivity index (χ3v) is 7.99. The minimum atomic E-state index is -0.843. The van der Waals surface area contributed by atoms with Crippen LogP contribution in [0.15, 0.2) is 30.6 Å². The highest BCUT2D eigenvalue weighted by atomic mass is 32.1. The van der Waals surface area contributed by atoms with E-state index in [4.69, 9.17) is 20.9 Å². The van der Waals surface area contributed by atoms with Crippen LogP contribution in [0.5, 0.6) is 5.75 Å². The Bertz CT molecular complexity index is 1280. The molecule has 3 atom stereocenters. The fraction of sp³-hybridized carbons (Fsp3) is 0.444. The lowest BCUT2D eigenvalue weighted by Gasteiger charge is -2.32. The van der Waals surface area contributed by atoms with E-state index < -0.39 is 17.5 Å². The molecule has 0 radical (unpaired) electrons. The van der Waals surface area contributed by atoms with E-state index in [9.17, 15) is 4.79 Å². The van der Waals surface area contributed by atoms with E-state index in [0.717, 1.165) is 48.3 Å². The van der Waals surface area contributed by atoms with Crippen LogP contribution in [0, 0.1) is 17.6 Å². The van der Waals surface area contributed by atoms with Crippen LogP contribution >= 0.6 is 11.3 Å². The van der Waals surface area contributed by atoms with Gasteiger partial charge in [-0.05, 0) is 42.7 Å². The summed E-state index contributed by atoms with van der Waals surface area (Å²) in [5.41, 5.74) is 13.4. The molecule has 8 nitrogen and oxygen atoms in total. The largest absolute Gasteiger partial charge is 0.490 e. The topological polar surface area (TPSA) is 125 Å². The van der Waals surface area contributed by atoms with Crippen molar-refractivity contribution in [3.05, 3.63) is 53.5 Å². The first-order chi connectivity index (χ1) is 18.3. The van der Waals surface area contributed by atoms with Crippen molar-refractivity contribution < 1.29 is 23.0 Å². The number of nitrogens with zero attached hydrogens (tertiary/aromatic N) is 2. The van der Waals surface area contributed by atoms with Gasteiger partial charge < -0.3 is 26.3 Å². The molecule has 1 saturated carbocycles. The molecule has 2 aromatic heterocycles. The van der Waals surface area contributed by atoms with E-state index in [-0.39, 0.29) is 45.1 Å². The molecule has 1 amide bonds. The number of carbonyl (C=O) groups is 1. The number of pyridine rings is 1. The van der Waals surface area contributed by atoms with Crippen LogP contribution in [0.25, 0.3) is 10.6 Å². The zero-order valence-electron chi connectivity index (χ0n) is 21.1. The quantitative estimate of drug-likeness (QED) is 0.395. The normalized spacial score (nSPS) is 22.3. The zero-order chi connectivity index (χ0) is 26.8. The van der Waals surface area contributed by atoms with Gasteiger partial charge in [-0.1, -0.05) is 18.3 Å². The second-order valence-corrected chi connectivity index (χ2v) is 11.1. The number of nitrogen functional groups attached to an aromatic ring is 1. The van der Waals surface area contributed by atoms with Gasteiger partial charge >= 0.3 is 0 Å². The summed E-state index contributed by atoms with van der Waals surface area (Å²) in [5, 5.41) is 2.87. The van der Waals surface area contributed by atoms with Gasteiger partial charge in [0.1, 0.15) is 33.5 Å². The number of thiazole rings is 1. The van der Waals surface area contributed by atoms with Crippen molar-refractivity contribution in [2.75, 3.05) is 24.3 Å². The van der Waals surface area contributed by atoms with Crippen LogP contribution < -0.4 is 21.5 Å². The molecule has 0 spiro atoms. The first kappa shape index (κ1) is 26.5. The van der Waals surface area contributed by atoms with Crippen molar-refractivity contribution in [1.29, 1.82) is 0 Å². The fourth-order valence-corrected chi connectivity index (χ4v) is 6.25. The van der Waals surface area contributed by atoms with Crippen LogP contribution in [0.3, 0.4) is 0 Å². The molecule has 3 unspecified atom stereocenters. The highest BCUT2D eigenvalue weighted by molar-refractivity contribution is 7.19. The molecule has 5 rings (SSSR count). The van der Waals surface area contributed by atoms with Crippen LogP contribution in [-0.4, -0.2) is 41.2 Å². The summed E-state index contributed by atoms with van der Waals surface area (Å²) in [5.74, 6) is -1.52. The van der Waals surface area contributed by atoms with Crippen LogP contribution in [0.4, 0.5) is 19.5 Å². The lowest BCUT2D eigenvalue weighted by molar-refractivity contribution is 0.0253. The number of ether oxygens (including phenoxy) is 2. The molecule has 5 N–H and O–H groups in total. The van der Waals surface area contributed by atoms with Crippen molar-refractivity contribution in [3.63, 3.8) is 0 Å². The smallest absolute Gasteiger partial charge is 0.277 e. The average Bonchev–Trinajstić information content (AvgIpc) is 3.25. The molecule has 202 valence electrons. The van der Waals surface area contributed by atoms with Gasteiger partial charge in [-0.15, -0.1) is 0 Å². The van der Waals surface area contributed by atoms with Crippen LogP contribution in [-0.2, 0) is 4.74 Å². The minimum absolute atomic E-state index is 0.0289. The first-order valence-electron chi connectivity index (χ1n) is 12.8. The zero-order valence-corrected chi connectivity index (χ0v) is 21.9. The Balaban J connectivity index is 1.35. The van der Waals surface area contributed by atoms with Crippen molar-refractivity contribution in [2.24, 2.45) is 11.7 Å². The Morgan fingerprint density at radius 1 is 1.18 bits per heavy atom. The Morgan fingerprint density at radius 3 is 2.63 bits per heavy atom. The minimum Gasteiger partial charge on any atom is -0.490 e. The van der Waals surface area contributed by atoms with Crippen LogP contribution in [0.1, 0.15) is 61.0 Å². The van der Waals surface area contributed by atoms with E-state index in [1.54, 1.807) is 12.4 Å². The Hall–Kier alpha value is -3.15. The van der Waals surface area contributed by atoms with Gasteiger partial charge in [-0.3, -0.25) is 9.78 Å². The van der Waals surface area contributed by atoms with Gasteiger partial charge in [-0.25, -0.2) is 13.8 Å². The summed E-state index contributed by atoms with van der Waals surface area (Å²) >= 11 is 0.845. The molecule has 1 aromatic carbocycles. The number of nitrogens with two attached hydrogens (primary N) is 2. The number of halogens is 2. The molecule has 38 heavy (non-hydrogen) atoms. The standard InChI is InChI=1S/C27H31F2N5O3S/c1-14-8-15(10-16(30)9-14)19-2-5-32-13-22(19)33-26(35)24-25(31)38-27(34-24)23-20(28)11-18(12-21(23)29)37-17-3-6-36-7-4-17/h2,5,11-17H,3-4,6-10,30-31H2,1H3,(H,33,35). The van der Waals surface area contributed by atoms with E-state index >= 15 is 8.78 Å². The third kappa shape index (κ3) is 5.79. The summed E-state index contributed by atoms with van der Waals surface area (Å²) in [4.78, 5) is 21.5. The van der Waals surface area contributed by atoms with Gasteiger partial charge in [-0.2, -0.15) is 0 Å². The van der Waals surface area contributed by atoms with Gasteiger partial charge in [0.25, 0.3) is 5.91 Å². The highest BCUT2D eigenvalue weighted by Crippen LogP contribution is 2.39. The first-order valence-corrected chi connectivity index (χ1v) is 13.6. The van der Waals surface area contributed by atoms with E-state index in [1.807, 2.05) is 6.07 Å². The molecule has 1 aliphatic heterocycles. The van der Waals surface area contributed by atoms with Crippen molar-refractivity contribution in [2.45, 2.75) is 57.1 Å². The maximum Gasteiger partial charge on any atom is 0.277 e. The summed E-state index contributed by atoms with van der Waals surface area (Å²) < 4.78 is 41.1. The van der Waals surface area contributed by atoms with E-state index in [2.05, 4.69) is 22.2 Å². The number of rotatable bonds is 6.